The molecular formula is C34H36F3N7O4S. The fourth-order valence-electron chi connectivity index (χ4n) is 6.85. The van der Waals surface area contributed by atoms with Crippen molar-refractivity contribution in [1.29, 1.82) is 0 Å². The van der Waals surface area contributed by atoms with Crippen LogP contribution in [0.1, 0.15) is 60.9 Å². The third-order valence-corrected chi connectivity index (χ3v) is 10.7. The lowest BCUT2D eigenvalue weighted by Gasteiger charge is -2.49. The zero-order valence-electron chi connectivity index (χ0n) is 26.8. The Kier molecular flexibility index (Phi) is 9.35. The molecule has 1 aliphatic heterocycles. The molecule has 3 fully saturated rings. The van der Waals surface area contributed by atoms with Crippen molar-refractivity contribution in [2.45, 2.75) is 76.1 Å². The van der Waals surface area contributed by atoms with E-state index in [1.807, 2.05) is 25.1 Å². The molecule has 0 unspecified atom stereocenters. The maximum Gasteiger partial charge on any atom is 0.417 e. The van der Waals surface area contributed by atoms with Gasteiger partial charge in [-0.15, -0.1) is 0 Å². The van der Waals surface area contributed by atoms with Crippen molar-refractivity contribution in [3.8, 4) is 11.1 Å². The summed E-state index contributed by atoms with van der Waals surface area (Å²) in [5, 5.41) is 13.5. The number of nitrogens with one attached hydrogen (secondary N) is 1. The minimum Gasteiger partial charge on any atom is -0.390 e. The summed E-state index contributed by atoms with van der Waals surface area (Å²) in [6, 6.07) is 8.10. The van der Waals surface area contributed by atoms with Crippen LogP contribution in [0.4, 0.5) is 18.3 Å². The summed E-state index contributed by atoms with van der Waals surface area (Å²) in [6.07, 6.45) is 3.07. The molecule has 49 heavy (non-hydrogen) atoms. The lowest BCUT2D eigenvalue weighted by molar-refractivity contribution is -0.137. The molecule has 258 valence electrons. The number of hydrogen-bond donors (Lipinski definition) is 2. The first-order valence-corrected chi connectivity index (χ1v) is 17.2. The predicted octanol–water partition coefficient (Wildman–Crippen LogP) is 5.16. The maximum absolute atomic E-state index is 13.1. The number of aliphatic hydroxyl groups is 1. The first-order valence-electron chi connectivity index (χ1n) is 16.4. The number of aliphatic hydroxyl groups excluding tert-OH is 1. The Morgan fingerprint density at radius 3 is 2.51 bits per heavy atom. The normalized spacial score (nSPS) is 24.6. The molecule has 2 aliphatic carbocycles. The summed E-state index contributed by atoms with van der Waals surface area (Å²) in [5.74, 6) is -0.0394. The van der Waals surface area contributed by atoms with E-state index in [9.17, 15) is 27.9 Å². The van der Waals surface area contributed by atoms with Gasteiger partial charge < -0.3 is 20.1 Å². The number of amides is 2. The van der Waals surface area contributed by atoms with E-state index in [1.165, 1.54) is 11.3 Å². The number of alkyl halides is 3. The van der Waals surface area contributed by atoms with Gasteiger partial charge in [-0.25, -0.2) is 15.0 Å². The molecule has 3 aliphatic rings. The minimum absolute atomic E-state index is 0.00823. The van der Waals surface area contributed by atoms with Gasteiger partial charge in [0.25, 0.3) is 5.91 Å². The molecule has 0 radical (unpaired) electrons. The van der Waals surface area contributed by atoms with Crippen molar-refractivity contribution in [1.82, 2.24) is 29.7 Å². The van der Waals surface area contributed by atoms with Crippen molar-refractivity contribution >= 4 is 38.5 Å². The smallest absolute Gasteiger partial charge is 0.390 e. The van der Waals surface area contributed by atoms with Gasteiger partial charge in [0, 0.05) is 61.8 Å². The Bertz CT molecular complexity index is 1820. The molecule has 1 aromatic carbocycles. The summed E-state index contributed by atoms with van der Waals surface area (Å²) in [4.78, 5) is 47.2. The van der Waals surface area contributed by atoms with Gasteiger partial charge in [0.15, 0.2) is 11.0 Å². The number of carbonyl (C=O) groups is 2. The zero-order valence-corrected chi connectivity index (χ0v) is 27.6. The molecule has 2 amide bonds. The van der Waals surface area contributed by atoms with Crippen LogP contribution in [0.2, 0.25) is 0 Å². The molecule has 3 aromatic heterocycles. The topological polar surface area (TPSA) is 134 Å². The molecule has 4 heterocycles. The Morgan fingerprint density at radius 1 is 1.04 bits per heavy atom. The minimum atomic E-state index is -4.51. The fraction of sp³-hybridized carbons (Fsp3) is 0.471. The van der Waals surface area contributed by atoms with Crippen LogP contribution < -0.4 is 5.32 Å². The Labute approximate surface area is 284 Å². The van der Waals surface area contributed by atoms with E-state index in [4.69, 9.17) is 4.74 Å². The largest absolute Gasteiger partial charge is 0.417 e. The number of fused-ring (bicyclic) bond motifs is 1. The molecule has 1 saturated heterocycles. The average molecular weight is 696 g/mol. The molecule has 7 rings (SSSR count). The Hall–Kier alpha value is -4.05. The predicted molar refractivity (Wildman–Crippen MR) is 176 cm³/mol. The first kappa shape index (κ1) is 33.4. The first-order chi connectivity index (χ1) is 23.5. The summed E-state index contributed by atoms with van der Waals surface area (Å²) in [6.45, 7) is 3.74. The lowest BCUT2D eigenvalue weighted by Crippen LogP contribution is -2.60. The Balaban J connectivity index is 0.889. The molecule has 2 N–H and O–H groups in total. The summed E-state index contributed by atoms with van der Waals surface area (Å²) >= 11 is 1.41. The standard InChI is InChI=1S/C34H36F3N7O4S/c1-19-17-43(32(47)26-8-6-23(16-38-26)34(35,36)37)9-10-44(19)24-11-21(12-24)31(46)42-33-41-25-7-5-20(13-29(25)49-33)22-14-39-30(40-15-22)18-48-28-4-2-3-27(28)45/h5-8,13-16,19,21,24,27-28,45H,2-4,9-12,17-18H2,1H3,(H,41,42,46)/t19-,21?,24?,27-,28-/m0/s1. The van der Waals surface area contributed by atoms with Gasteiger partial charge in [-0.2, -0.15) is 13.2 Å². The SMILES string of the molecule is C[C@H]1CN(C(=O)c2ccc(C(F)(F)F)cn2)CCN1C1CC(C(=O)Nc2nc3ccc(-c4cnc(CO[C@H]5CCC[C@@H]5O)nc4)cc3s2)C1. The highest BCUT2D eigenvalue weighted by molar-refractivity contribution is 7.22. The summed E-state index contributed by atoms with van der Waals surface area (Å²) in [7, 11) is 0. The molecule has 15 heteroatoms. The molecule has 0 spiro atoms. The highest BCUT2D eigenvalue weighted by Crippen LogP contribution is 2.36. The van der Waals surface area contributed by atoms with Crippen LogP contribution in [0.3, 0.4) is 0 Å². The number of hydrogen-bond acceptors (Lipinski definition) is 10. The number of rotatable bonds is 8. The molecule has 3 atom stereocenters. The van der Waals surface area contributed by atoms with Crippen LogP contribution in [0.15, 0.2) is 48.9 Å². The van der Waals surface area contributed by atoms with E-state index in [-0.39, 0.29) is 48.2 Å². The van der Waals surface area contributed by atoms with E-state index in [2.05, 4.69) is 30.2 Å². The number of ether oxygens (including phenoxy) is 1. The number of nitrogens with zero attached hydrogens (tertiary/aromatic N) is 6. The number of aromatic nitrogens is 4. The lowest BCUT2D eigenvalue weighted by atomic mass is 9.78. The quantitative estimate of drug-likeness (QED) is 0.257. The van der Waals surface area contributed by atoms with E-state index >= 15 is 0 Å². The van der Waals surface area contributed by atoms with Crippen LogP contribution >= 0.6 is 11.3 Å². The molecule has 2 saturated carbocycles. The summed E-state index contributed by atoms with van der Waals surface area (Å²) < 4.78 is 45.3. The van der Waals surface area contributed by atoms with Gasteiger partial charge >= 0.3 is 6.18 Å². The van der Waals surface area contributed by atoms with Gasteiger partial charge in [-0.05, 0) is 68.9 Å². The number of halogens is 3. The molecule has 0 bridgehead atoms. The van der Waals surface area contributed by atoms with E-state index in [0.29, 0.717) is 49.6 Å². The van der Waals surface area contributed by atoms with Gasteiger partial charge in [0.1, 0.15) is 12.3 Å². The van der Waals surface area contributed by atoms with Crippen molar-refractivity contribution in [3.63, 3.8) is 0 Å². The van der Waals surface area contributed by atoms with Crippen LogP contribution in [-0.4, -0.2) is 90.6 Å². The average Bonchev–Trinajstić information content (AvgIpc) is 3.67. The second-order valence-electron chi connectivity index (χ2n) is 13.0. The molecule has 4 aromatic rings. The van der Waals surface area contributed by atoms with Crippen molar-refractivity contribution in [2.75, 3.05) is 25.0 Å². The van der Waals surface area contributed by atoms with Gasteiger partial charge in [0.2, 0.25) is 5.91 Å². The van der Waals surface area contributed by atoms with Crippen molar-refractivity contribution in [3.05, 3.63) is 66.0 Å². The van der Waals surface area contributed by atoms with Gasteiger partial charge in [-0.1, -0.05) is 17.4 Å². The number of piperazine rings is 1. The van der Waals surface area contributed by atoms with E-state index in [0.717, 1.165) is 52.7 Å². The Morgan fingerprint density at radius 2 is 1.84 bits per heavy atom. The number of carbonyl (C=O) groups excluding carboxylic acids is 2. The van der Waals surface area contributed by atoms with Crippen LogP contribution in [0.5, 0.6) is 0 Å². The van der Waals surface area contributed by atoms with Crippen LogP contribution in [-0.2, 0) is 22.3 Å². The second-order valence-corrected chi connectivity index (χ2v) is 14.0. The number of thiazole rings is 1. The van der Waals surface area contributed by atoms with Crippen molar-refractivity contribution < 1.29 is 32.6 Å². The summed E-state index contributed by atoms with van der Waals surface area (Å²) in [5.41, 5.74) is 1.67. The van der Waals surface area contributed by atoms with E-state index in [1.54, 1.807) is 17.3 Å². The maximum atomic E-state index is 13.1. The van der Waals surface area contributed by atoms with Crippen LogP contribution in [0, 0.1) is 5.92 Å². The third-order valence-electron chi connectivity index (χ3n) is 9.73. The second kappa shape index (κ2) is 13.7. The number of benzene rings is 1. The van der Waals surface area contributed by atoms with Crippen LogP contribution in [0.25, 0.3) is 21.3 Å². The zero-order chi connectivity index (χ0) is 34.3. The highest BCUT2D eigenvalue weighted by atomic mass is 32.1. The molecule has 11 nitrogen and oxygen atoms in total. The number of anilines is 1. The number of pyridine rings is 1. The molecular weight excluding hydrogens is 659 g/mol. The van der Waals surface area contributed by atoms with Gasteiger partial charge in [0.05, 0.1) is 28.0 Å². The third kappa shape index (κ3) is 7.30. The highest BCUT2D eigenvalue weighted by Gasteiger charge is 2.42. The monoisotopic (exact) mass is 695 g/mol. The van der Waals surface area contributed by atoms with Crippen molar-refractivity contribution in [2.24, 2.45) is 5.92 Å². The van der Waals surface area contributed by atoms with E-state index < -0.39 is 17.8 Å². The van der Waals surface area contributed by atoms with Gasteiger partial charge in [-0.3, -0.25) is 19.5 Å². The fourth-order valence-corrected chi connectivity index (χ4v) is 7.76.